The molecule has 0 aliphatic carbocycles. The minimum atomic E-state index is -0.949. The van der Waals surface area contributed by atoms with Crippen LogP contribution in [0.3, 0.4) is 0 Å². The van der Waals surface area contributed by atoms with Crippen LogP contribution in [0, 0.1) is 11.3 Å². The van der Waals surface area contributed by atoms with Gasteiger partial charge in [0.05, 0.1) is 5.41 Å². The fraction of sp³-hybridized carbons (Fsp3) is 0.364. The van der Waals surface area contributed by atoms with Gasteiger partial charge in [-0.3, -0.25) is 9.59 Å². The molecule has 0 bridgehead atoms. The van der Waals surface area contributed by atoms with Crippen LogP contribution in [0.1, 0.15) is 54.3 Å². The maximum Gasteiger partial charge on any atom is 0.243 e. The minimum Gasteiger partial charge on any atom is -0.294 e. The Kier molecular flexibility index (Phi) is 5.08. The van der Waals surface area contributed by atoms with Crippen LogP contribution in [0.15, 0.2) is 60.7 Å². The molecule has 0 spiro atoms. The second-order valence-corrected chi connectivity index (χ2v) is 7.31. The monoisotopic (exact) mass is 352 g/mol. The molecule has 1 heterocycles. The SMILES string of the molecule is CC(CCC(C)(C(=O)c1ccccc1)C1(C)OO1)C(=O)c1ccccc1. The van der Waals surface area contributed by atoms with Gasteiger partial charge in [0.2, 0.25) is 5.79 Å². The number of rotatable bonds is 8. The van der Waals surface area contributed by atoms with Gasteiger partial charge in [-0.05, 0) is 26.7 Å². The molecule has 0 saturated carbocycles. The lowest BCUT2D eigenvalue weighted by molar-refractivity contribution is 0.0586. The topological polar surface area (TPSA) is 59.2 Å². The number of carbonyl (C=O) groups is 2. The third-order valence-corrected chi connectivity index (χ3v) is 5.46. The van der Waals surface area contributed by atoms with Crippen LogP contribution in [0.5, 0.6) is 0 Å². The number of hydrogen-bond acceptors (Lipinski definition) is 4. The van der Waals surface area contributed by atoms with E-state index in [-0.39, 0.29) is 17.5 Å². The third-order valence-electron chi connectivity index (χ3n) is 5.46. The quantitative estimate of drug-likeness (QED) is 0.387. The van der Waals surface area contributed by atoms with Crippen molar-refractivity contribution in [2.75, 3.05) is 0 Å². The highest BCUT2D eigenvalue weighted by atomic mass is 17.4. The van der Waals surface area contributed by atoms with E-state index in [0.29, 0.717) is 24.0 Å². The Morgan fingerprint density at radius 3 is 1.96 bits per heavy atom. The van der Waals surface area contributed by atoms with Crippen molar-refractivity contribution >= 4 is 11.6 Å². The molecule has 136 valence electrons. The summed E-state index contributed by atoms with van der Waals surface area (Å²) in [6.07, 6.45) is 1.07. The average Bonchev–Trinajstić information content (AvgIpc) is 3.45. The van der Waals surface area contributed by atoms with E-state index < -0.39 is 11.2 Å². The van der Waals surface area contributed by atoms with E-state index in [2.05, 4.69) is 0 Å². The number of carbonyl (C=O) groups excluding carboxylic acids is 2. The third kappa shape index (κ3) is 3.48. The van der Waals surface area contributed by atoms with E-state index in [1.807, 2.05) is 62.4 Å². The summed E-state index contributed by atoms with van der Waals surface area (Å²) in [6.45, 7) is 5.53. The molecule has 0 radical (unpaired) electrons. The highest BCUT2D eigenvalue weighted by molar-refractivity contribution is 6.01. The van der Waals surface area contributed by atoms with Crippen molar-refractivity contribution < 1.29 is 19.4 Å². The summed E-state index contributed by atoms with van der Waals surface area (Å²) in [6, 6.07) is 18.4. The van der Waals surface area contributed by atoms with Gasteiger partial charge in [0, 0.05) is 17.0 Å². The van der Waals surface area contributed by atoms with Crippen molar-refractivity contribution in [1.82, 2.24) is 0 Å². The highest BCUT2D eigenvalue weighted by Crippen LogP contribution is 2.51. The molecule has 0 amide bonds. The van der Waals surface area contributed by atoms with Crippen LogP contribution < -0.4 is 0 Å². The summed E-state index contributed by atoms with van der Waals surface area (Å²) >= 11 is 0. The predicted octanol–water partition coefficient (Wildman–Crippen LogP) is 4.85. The maximum atomic E-state index is 13.2. The van der Waals surface area contributed by atoms with Crippen molar-refractivity contribution in [3.8, 4) is 0 Å². The molecule has 4 heteroatoms. The van der Waals surface area contributed by atoms with Gasteiger partial charge in [0.1, 0.15) is 0 Å². The van der Waals surface area contributed by atoms with E-state index in [0.717, 1.165) is 0 Å². The Bertz CT molecular complexity index is 780. The van der Waals surface area contributed by atoms with Crippen molar-refractivity contribution in [3.05, 3.63) is 71.8 Å². The minimum absolute atomic E-state index is 0.0301. The first-order chi connectivity index (χ1) is 12.4. The first kappa shape index (κ1) is 18.5. The van der Waals surface area contributed by atoms with Gasteiger partial charge in [0.25, 0.3) is 0 Å². The smallest absolute Gasteiger partial charge is 0.243 e. The van der Waals surface area contributed by atoms with Gasteiger partial charge >= 0.3 is 0 Å². The van der Waals surface area contributed by atoms with E-state index >= 15 is 0 Å². The van der Waals surface area contributed by atoms with Crippen LogP contribution in [0.2, 0.25) is 0 Å². The molecule has 1 saturated heterocycles. The van der Waals surface area contributed by atoms with E-state index in [4.69, 9.17) is 9.78 Å². The Morgan fingerprint density at radius 1 is 0.962 bits per heavy atom. The van der Waals surface area contributed by atoms with Crippen LogP contribution in [0.25, 0.3) is 0 Å². The normalized spacial score (nSPS) is 18.6. The van der Waals surface area contributed by atoms with Crippen LogP contribution in [0.4, 0.5) is 0 Å². The lowest BCUT2D eigenvalue weighted by Gasteiger charge is -2.30. The van der Waals surface area contributed by atoms with Gasteiger partial charge in [-0.1, -0.05) is 67.6 Å². The molecule has 3 rings (SSSR count). The first-order valence-electron chi connectivity index (χ1n) is 8.93. The number of ketones is 2. The molecule has 2 unspecified atom stereocenters. The van der Waals surface area contributed by atoms with E-state index in [1.165, 1.54) is 0 Å². The molecule has 2 aromatic carbocycles. The van der Waals surface area contributed by atoms with Crippen LogP contribution in [-0.4, -0.2) is 17.4 Å². The summed E-state index contributed by atoms with van der Waals surface area (Å²) in [5.41, 5.74) is 0.457. The van der Waals surface area contributed by atoms with Crippen LogP contribution >= 0.6 is 0 Å². The lowest BCUT2D eigenvalue weighted by atomic mass is 9.71. The second kappa shape index (κ2) is 7.14. The van der Waals surface area contributed by atoms with E-state index in [1.54, 1.807) is 19.1 Å². The van der Waals surface area contributed by atoms with Crippen molar-refractivity contribution in [1.29, 1.82) is 0 Å². The van der Waals surface area contributed by atoms with Gasteiger partial charge in [-0.15, -0.1) is 0 Å². The molecule has 0 N–H and O–H groups in total. The average molecular weight is 352 g/mol. The molecule has 1 aliphatic heterocycles. The molecular weight excluding hydrogens is 328 g/mol. The van der Waals surface area contributed by atoms with Crippen molar-refractivity contribution in [3.63, 3.8) is 0 Å². The van der Waals surface area contributed by atoms with Gasteiger partial charge in [-0.25, -0.2) is 0 Å². The zero-order chi connectivity index (χ0) is 18.8. The fourth-order valence-electron chi connectivity index (χ4n) is 3.22. The van der Waals surface area contributed by atoms with Gasteiger partial charge in [0.15, 0.2) is 11.6 Å². The molecule has 0 aromatic heterocycles. The zero-order valence-corrected chi connectivity index (χ0v) is 15.4. The standard InChI is InChI=1S/C22H24O4/c1-16(19(23)17-10-6-4-7-11-17)14-15-21(2,22(3)25-26-22)20(24)18-12-8-5-9-13-18/h4-13,16H,14-15H2,1-3H3. The number of Topliss-reactive ketones (excluding diaryl/α,β-unsaturated/α-hetero) is 2. The zero-order valence-electron chi connectivity index (χ0n) is 15.4. The summed E-state index contributed by atoms with van der Waals surface area (Å²) in [4.78, 5) is 36.1. The Balaban J connectivity index is 1.75. The lowest BCUT2D eigenvalue weighted by Crippen LogP contribution is -2.41. The van der Waals surface area contributed by atoms with Gasteiger partial charge < -0.3 is 0 Å². The van der Waals surface area contributed by atoms with Crippen molar-refractivity contribution in [2.45, 2.75) is 39.4 Å². The molecule has 1 fully saturated rings. The molecule has 1 aliphatic rings. The van der Waals surface area contributed by atoms with Crippen molar-refractivity contribution in [2.24, 2.45) is 11.3 Å². The second-order valence-electron chi connectivity index (χ2n) is 7.31. The number of hydrogen-bond donors (Lipinski definition) is 0. The number of benzene rings is 2. The Morgan fingerprint density at radius 2 is 1.46 bits per heavy atom. The predicted molar refractivity (Wildman–Crippen MR) is 98.6 cm³/mol. The summed E-state index contributed by atoms with van der Waals surface area (Å²) < 4.78 is 0. The summed E-state index contributed by atoms with van der Waals surface area (Å²) in [5, 5.41) is 0. The van der Waals surface area contributed by atoms with Gasteiger partial charge in [-0.2, -0.15) is 9.78 Å². The first-order valence-corrected chi connectivity index (χ1v) is 8.93. The van der Waals surface area contributed by atoms with Crippen LogP contribution in [-0.2, 0) is 9.78 Å². The molecular formula is C22H24O4. The summed E-state index contributed by atoms with van der Waals surface area (Å²) in [5.74, 6) is -1.09. The molecule has 4 nitrogen and oxygen atoms in total. The largest absolute Gasteiger partial charge is 0.294 e. The molecule has 2 aromatic rings. The summed E-state index contributed by atoms with van der Waals surface area (Å²) in [7, 11) is 0. The maximum absolute atomic E-state index is 13.2. The Labute approximate surface area is 154 Å². The Hall–Kier alpha value is -2.30. The fourth-order valence-corrected chi connectivity index (χ4v) is 3.22. The van der Waals surface area contributed by atoms with E-state index in [9.17, 15) is 9.59 Å². The molecule has 26 heavy (non-hydrogen) atoms. The molecule has 2 atom stereocenters. The highest BCUT2D eigenvalue weighted by Gasteiger charge is 2.62.